The van der Waals surface area contributed by atoms with E-state index in [0.717, 1.165) is 41.3 Å². The second-order valence-corrected chi connectivity index (χ2v) is 6.03. The van der Waals surface area contributed by atoms with Crippen LogP contribution >= 0.6 is 23.4 Å². The molecule has 1 aliphatic rings. The normalized spacial score (nSPS) is 25.6. The lowest BCUT2D eigenvalue weighted by molar-refractivity contribution is 0.451. The first kappa shape index (κ1) is 12.1. The van der Waals surface area contributed by atoms with Crippen LogP contribution in [0.4, 0.5) is 5.69 Å². The summed E-state index contributed by atoms with van der Waals surface area (Å²) in [6.07, 6.45) is 4.55. The van der Waals surface area contributed by atoms with Gasteiger partial charge in [-0.05, 0) is 37.8 Å². The molecule has 2 rings (SSSR count). The molecule has 88 valence electrons. The lowest BCUT2D eigenvalue weighted by Crippen LogP contribution is -2.27. The van der Waals surface area contributed by atoms with Crippen LogP contribution in [0.1, 0.15) is 25.7 Å². The molecular formula is C12H17ClN2S. The van der Waals surface area contributed by atoms with E-state index >= 15 is 0 Å². The molecule has 0 aliphatic heterocycles. The van der Waals surface area contributed by atoms with Crippen LogP contribution in [0.5, 0.6) is 0 Å². The predicted octanol–water partition coefficient (Wildman–Crippen LogP) is 3.28. The first-order valence-electron chi connectivity index (χ1n) is 5.63. The van der Waals surface area contributed by atoms with Gasteiger partial charge in [-0.3, -0.25) is 0 Å². The largest absolute Gasteiger partial charge is 0.398 e. The Hall–Kier alpha value is -0.380. The van der Waals surface area contributed by atoms with E-state index in [4.69, 9.17) is 23.1 Å². The molecule has 0 saturated heterocycles. The number of hydrogen-bond donors (Lipinski definition) is 2. The Labute approximate surface area is 106 Å². The van der Waals surface area contributed by atoms with Crippen LogP contribution in [-0.4, -0.2) is 11.3 Å². The Balaban J connectivity index is 2.04. The molecule has 2 nitrogen and oxygen atoms in total. The van der Waals surface area contributed by atoms with Gasteiger partial charge in [0.1, 0.15) is 0 Å². The average molecular weight is 257 g/mol. The van der Waals surface area contributed by atoms with Crippen molar-refractivity contribution in [1.82, 2.24) is 0 Å². The van der Waals surface area contributed by atoms with Crippen molar-refractivity contribution in [2.75, 3.05) is 5.73 Å². The third-order valence-electron chi connectivity index (χ3n) is 3.00. The summed E-state index contributed by atoms with van der Waals surface area (Å²) in [7, 11) is 0. The molecule has 1 saturated carbocycles. The number of hydrogen-bond acceptors (Lipinski definition) is 3. The van der Waals surface area contributed by atoms with E-state index in [0.29, 0.717) is 11.3 Å². The summed E-state index contributed by atoms with van der Waals surface area (Å²) in [6, 6.07) is 6.08. The summed E-state index contributed by atoms with van der Waals surface area (Å²) in [5.41, 5.74) is 12.6. The zero-order chi connectivity index (χ0) is 11.5. The minimum Gasteiger partial charge on any atom is -0.398 e. The second-order valence-electron chi connectivity index (χ2n) is 4.31. The van der Waals surface area contributed by atoms with Crippen LogP contribution in [0.25, 0.3) is 0 Å². The van der Waals surface area contributed by atoms with Gasteiger partial charge in [0, 0.05) is 21.9 Å². The Morgan fingerprint density at radius 1 is 1.19 bits per heavy atom. The summed E-state index contributed by atoms with van der Waals surface area (Å²) >= 11 is 7.96. The maximum Gasteiger partial charge on any atom is 0.0562 e. The third kappa shape index (κ3) is 2.84. The Bertz CT molecular complexity index is 342. The van der Waals surface area contributed by atoms with Crippen LogP contribution in [-0.2, 0) is 0 Å². The Morgan fingerprint density at radius 3 is 2.50 bits per heavy atom. The number of halogens is 1. The SMILES string of the molecule is Nc1cccc(Cl)c1SC1CCC(N)CC1. The summed E-state index contributed by atoms with van der Waals surface area (Å²) < 4.78 is 0. The summed E-state index contributed by atoms with van der Waals surface area (Å²) in [5.74, 6) is 0. The molecule has 0 radical (unpaired) electrons. The smallest absolute Gasteiger partial charge is 0.0562 e. The molecule has 4 heteroatoms. The number of benzene rings is 1. The van der Waals surface area contributed by atoms with Gasteiger partial charge in [0.05, 0.1) is 5.02 Å². The zero-order valence-corrected chi connectivity index (χ0v) is 10.7. The van der Waals surface area contributed by atoms with Crippen molar-refractivity contribution >= 4 is 29.1 Å². The molecule has 4 N–H and O–H groups in total. The number of anilines is 1. The maximum absolute atomic E-state index is 6.15. The van der Waals surface area contributed by atoms with E-state index in [1.54, 1.807) is 0 Å². The summed E-state index contributed by atoms with van der Waals surface area (Å²) in [6.45, 7) is 0. The van der Waals surface area contributed by atoms with E-state index in [1.165, 1.54) is 0 Å². The van der Waals surface area contributed by atoms with Crippen LogP contribution in [0.15, 0.2) is 23.1 Å². The van der Waals surface area contributed by atoms with Crippen LogP contribution in [0.3, 0.4) is 0 Å². The zero-order valence-electron chi connectivity index (χ0n) is 9.16. The first-order valence-corrected chi connectivity index (χ1v) is 6.89. The fourth-order valence-electron chi connectivity index (χ4n) is 2.02. The molecule has 1 fully saturated rings. The molecular weight excluding hydrogens is 240 g/mol. The Kier molecular flexibility index (Phi) is 4.00. The highest BCUT2D eigenvalue weighted by Crippen LogP contribution is 2.39. The topological polar surface area (TPSA) is 52.0 Å². The molecule has 0 aromatic heterocycles. The minimum absolute atomic E-state index is 0.389. The quantitative estimate of drug-likeness (QED) is 0.799. The monoisotopic (exact) mass is 256 g/mol. The predicted molar refractivity (Wildman–Crippen MR) is 72.0 cm³/mol. The van der Waals surface area contributed by atoms with Crippen molar-refractivity contribution < 1.29 is 0 Å². The number of nitrogens with two attached hydrogens (primary N) is 2. The van der Waals surface area contributed by atoms with Crippen molar-refractivity contribution in [1.29, 1.82) is 0 Å². The van der Waals surface area contributed by atoms with Gasteiger partial charge in [-0.2, -0.15) is 0 Å². The molecule has 0 heterocycles. The molecule has 0 atom stereocenters. The van der Waals surface area contributed by atoms with E-state index in [-0.39, 0.29) is 0 Å². The third-order valence-corrected chi connectivity index (χ3v) is 4.92. The van der Waals surface area contributed by atoms with E-state index in [2.05, 4.69) is 0 Å². The van der Waals surface area contributed by atoms with Gasteiger partial charge in [0.15, 0.2) is 0 Å². The van der Waals surface area contributed by atoms with E-state index in [1.807, 2.05) is 30.0 Å². The molecule has 0 spiro atoms. The van der Waals surface area contributed by atoms with E-state index < -0.39 is 0 Å². The van der Waals surface area contributed by atoms with Crippen LogP contribution in [0, 0.1) is 0 Å². The lowest BCUT2D eigenvalue weighted by Gasteiger charge is -2.26. The molecule has 0 bridgehead atoms. The van der Waals surface area contributed by atoms with Crippen molar-refractivity contribution in [3.63, 3.8) is 0 Å². The highest BCUT2D eigenvalue weighted by atomic mass is 35.5. The van der Waals surface area contributed by atoms with Crippen molar-refractivity contribution in [3.05, 3.63) is 23.2 Å². The molecule has 1 aromatic rings. The van der Waals surface area contributed by atoms with Crippen molar-refractivity contribution in [2.24, 2.45) is 5.73 Å². The molecule has 16 heavy (non-hydrogen) atoms. The standard InChI is InChI=1S/C12H17ClN2S/c13-10-2-1-3-11(15)12(10)16-9-6-4-8(14)5-7-9/h1-3,8-9H,4-7,14-15H2. The molecule has 1 aliphatic carbocycles. The van der Waals surface area contributed by atoms with Gasteiger partial charge >= 0.3 is 0 Å². The van der Waals surface area contributed by atoms with Gasteiger partial charge < -0.3 is 11.5 Å². The first-order chi connectivity index (χ1) is 7.66. The van der Waals surface area contributed by atoms with E-state index in [9.17, 15) is 0 Å². The summed E-state index contributed by atoms with van der Waals surface area (Å²) in [5, 5.41) is 1.38. The van der Waals surface area contributed by atoms with Gasteiger partial charge in [-0.15, -0.1) is 11.8 Å². The van der Waals surface area contributed by atoms with Gasteiger partial charge in [-0.1, -0.05) is 17.7 Å². The van der Waals surface area contributed by atoms with Crippen LogP contribution < -0.4 is 11.5 Å². The minimum atomic E-state index is 0.389. The average Bonchev–Trinajstić information content (AvgIpc) is 2.26. The van der Waals surface area contributed by atoms with Gasteiger partial charge in [0.2, 0.25) is 0 Å². The van der Waals surface area contributed by atoms with Crippen molar-refractivity contribution in [2.45, 2.75) is 41.9 Å². The van der Waals surface area contributed by atoms with Crippen LogP contribution in [0.2, 0.25) is 5.02 Å². The second kappa shape index (κ2) is 5.30. The fraction of sp³-hybridized carbons (Fsp3) is 0.500. The number of thioether (sulfide) groups is 1. The maximum atomic E-state index is 6.15. The molecule has 0 unspecified atom stereocenters. The highest BCUT2D eigenvalue weighted by molar-refractivity contribution is 8.00. The molecule has 0 amide bonds. The number of rotatable bonds is 2. The molecule has 1 aromatic carbocycles. The number of nitrogen functional groups attached to an aromatic ring is 1. The van der Waals surface area contributed by atoms with Gasteiger partial charge in [-0.25, -0.2) is 0 Å². The summed E-state index contributed by atoms with van der Waals surface area (Å²) in [4.78, 5) is 1.03. The fourth-order valence-corrected chi connectivity index (χ4v) is 3.56. The Morgan fingerprint density at radius 2 is 1.88 bits per heavy atom. The highest BCUT2D eigenvalue weighted by Gasteiger charge is 2.20. The van der Waals surface area contributed by atoms with Crippen molar-refractivity contribution in [3.8, 4) is 0 Å². The van der Waals surface area contributed by atoms with Gasteiger partial charge in [0.25, 0.3) is 0 Å². The lowest BCUT2D eigenvalue weighted by atomic mass is 9.96.